The first-order valence-corrected chi connectivity index (χ1v) is 6.66. The largest absolute Gasteiger partial charge is 0.381 e. The van der Waals surface area contributed by atoms with Crippen LogP contribution in [0.4, 0.5) is 11.8 Å². The third kappa shape index (κ3) is 3.46. The van der Waals surface area contributed by atoms with Gasteiger partial charge >= 0.3 is 0 Å². The fourth-order valence-corrected chi connectivity index (χ4v) is 2.28. The topological polar surface area (TPSA) is 73.1 Å². The molecule has 3 N–H and O–H groups in total. The molecule has 0 amide bonds. The quantitative estimate of drug-likeness (QED) is 0.878. The molecule has 1 saturated heterocycles. The molecule has 1 aliphatic rings. The highest BCUT2D eigenvalue weighted by atomic mass is 35.5. The van der Waals surface area contributed by atoms with E-state index in [1.54, 1.807) is 0 Å². The molecule has 1 fully saturated rings. The molecule has 1 aromatic rings. The highest BCUT2D eigenvalue weighted by molar-refractivity contribution is 6.33. The first-order chi connectivity index (χ1) is 8.66. The van der Waals surface area contributed by atoms with Crippen molar-refractivity contribution in [1.29, 1.82) is 0 Å². The zero-order chi connectivity index (χ0) is 13.0. The van der Waals surface area contributed by atoms with Crippen LogP contribution < -0.4 is 11.1 Å². The minimum absolute atomic E-state index is 0.250. The van der Waals surface area contributed by atoms with Crippen LogP contribution in [-0.2, 0) is 4.74 Å². The third-order valence-corrected chi connectivity index (χ3v) is 3.59. The lowest BCUT2D eigenvalue weighted by atomic mass is 9.99. The van der Waals surface area contributed by atoms with Crippen molar-refractivity contribution in [1.82, 2.24) is 9.97 Å². The molecule has 5 nitrogen and oxygen atoms in total. The fourth-order valence-electron chi connectivity index (χ4n) is 2.13. The maximum Gasteiger partial charge on any atom is 0.222 e. The molecule has 18 heavy (non-hydrogen) atoms. The summed E-state index contributed by atoms with van der Waals surface area (Å²) >= 11 is 6.12. The SMILES string of the molecule is Cc1nc(N)nc(NCC[C@H]2CCCOC2)c1Cl. The summed E-state index contributed by atoms with van der Waals surface area (Å²) in [4.78, 5) is 8.12. The Kier molecular flexibility index (Phi) is 4.60. The molecule has 100 valence electrons. The summed E-state index contributed by atoms with van der Waals surface area (Å²) in [5, 5.41) is 3.77. The molecular weight excluding hydrogens is 252 g/mol. The van der Waals surface area contributed by atoms with Crippen LogP contribution in [0.1, 0.15) is 25.0 Å². The van der Waals surface area contributed by atoms with Gasteiger partial charge in [0.25, 0.3) is 0 Å². The molecule has 1 aromatic heterocycles. The number of nitrogens with zero attached hydrogens (tertiary/aromatic N) is 2. The number of nitrogen functional groups attached to an aromatic ring is 1. The molecule has 2 rings (SSSR count). The van der Waals surface area contributed by atoms with E-state index in [0.717, 1.165) is 32.6 Å². The van der Waals surface area contributed by atoms with Gasteiger partial charge in [-0.05, 0) is 32.1 Å². The van der Waals surface area contributed by atoms with E-state index in [2.05, 4.69) is 15.3 Å². The van der Waals surface area contributed by atoms with Gasteiger partial charge in [0.05, 0.1) is 5.69 Å². The standard InChI is InChI=1S/C12H19ClN4O/c1-8-10(13)11(17-12(14)16-8)15-5-4-9-3-2-6-18-7-9/h9H,2-7H2,1H3,(H3,14,15,16,17)/t9-/m1/s1. The van der Waals surface area contributed by atoms with Crippen LogP contribution in [0.5, 0.6) is 0 Å². The van der Waals surface area contributed by atoms with Gasteiger partial charge in [-0.2, -0.15) is 4.98 Å². The highest BCUT2D eigenvalue weighted by Gasteiger charge is 2.14. The molecule has 0 unspecified atom stereocenters. The monoisotopic (exact) mass is 270 g/mol. The van der Waals surface area contributed by atoms with Crippen molar-refractivity contribution in [2.45, 2.75) is 26.2 Å². The zero-order valence-electron chi connectivity index (χ0n) is 10.6. The smallest absolute Gasteiger partial charge is 0.222 e. The fraction of sp³-hybridized carbons (Fsp3) is 0.667. The van der Waals surface area contributed by atoms with E-state index in [9.17, 15) is 0 Å². The van der Waals surface area contributed by atoms with Crippen molar-refractivity contribution in [3.05, 3.63) is 10.7 Å². The number of aromatic nitrogens is 2. The molecule has 2 heterocycles. The van der Waals surface area contributed by atoms with E-state index >= 15 is 0 Å². The number of nitrogens with two attached hydrogens (primary N) is 1. The molecule has 0 aromatic carbocycles. The maximum atomic E-state index is 6.12. The predicted octanol–water partition coefficient (Wildman–Crippen LogP) is 2.25. The number of hydrogen-bond donors (Lipinski definition) is 2. The zero-order valence-corrected chi connectivity index (χ0v) is 11.3. The second-order valence-electron chi connectivity index (χ2n) is 4.63. The van der Waals surface area contributed by atoms with Crippen molar-refractivity contribution in [2.75, 3.05) is 30.8 Å². The minimum atomic E-state index is 0.250. The lowest BCUT2D eigenvalue weighted by Crippen LogP contribution is -2.20. The van der Waals surface area contributed by atoms with Crippen LogP contribution in [0.2, 0.25) is 5.02 Å². The minimum Gasteiger partial charge on any atom is -0.381 e. The second-order valence-corrected chi connectivity index (χ2v) is 5.01. The van der Waals surface area contributed by atoms with E-state index in [4.69, 9.17) is 22.1 Å². The Balaban J connectivity index is 1.86. The van der Waals surface area contributed by atoms with Crippen LogP contribution in [0, 0.1) is 12.8 Å². The molecule has 6 heteroatoms. The van der Waals surface area contributed by atoms with Gasteiger partial charge in [-0.25, -0.2) is 4.98 Å². The normalized spacial score (nSPS) is 19.8. The molecule has 0 radical (unpaired) electrons. The van der Waals surface area contributed by atoms with Gasteiger partial charge in [0.1, 0.15) is 5.02 Å². The average Bonchev–Trinajstić information content (AvgIpc) is 2.36. The summed E-state index contributed by atoms with van der Waals surface area (Å²) in [5.41, 5.74) is 6.30. The average molecular weight is 271 g/mol. The lowest BCUT2D eigenvalue weighted by Gasteiger charge is -2.22. The van der Waals surface area contributed by atoms with Gasteiger partial charge in [0.2, 0.25) is 5.95 Å². The predicted molar refractivity (Wildman–Crippen MR) is 72.8 cm³/mol. The summed E-state index contributed by atoms with van der Waals surface area (Å²) in [6.45, 7) is 4.40. The number of halogens is 1. The summed E-state index contributed by atoms with van der Waals surface area (Å²) in [6, 6.07) is 0. The van der Waals surface area contributed by atoms with E-state index < -0.39 is 0 Å². The Morgan fingerprint density at radius 2 is 2.33 bits per heavy atom. The molecule has 0 bridgehead atoms. The Morgan fingerprint density at radius 3 is 3.06 bits per heavy atom. The van der Waals surface area contributed by atoms with Crippen LogP contribution in [-0.4, -0.2) is 29.7 Å². The third-order valence-electron chi connectivity index (χ3n) is 3.13. The highest BCUT2D eigenvalue weighted by Crippen LogP contribution is 2.23. The molecule has 0 saturated carbocycles. The second kappa shape index (κ2) is 6.20. The Bertz CT molecular complexity index is 407. The molecule has 0 aliphatic carbocycles. The maximum absolute atomic E-state index is 6.12. The summed E-state index contributed by atoms with van der Waals surface area (Å²) in [6.07, 6.45) is 3.45. The van der Waals surface area contributed by atoms with Gasteiger partial charge in [-0.15, -0.1) is 0 Å². The summed E-state index contributed by atoms with van der Waals surface area (Å²) in [5.74, 6) is 1.50. The van der Waals surface area contributed by atoms with Gasteiger partial charge in [-0.3, -0.25) is 0 Å². The Hall–Kier alpha value is -1.07. The Morgan fingerprint density at radius 1 is 1.50 bits per heavy atom. The van der Waals surface area contributed by atoms with Crippen molar-refractivity contribution >= 4 is 23.4 Å². The van der Waals surface area contributed by atoms with Crippen molar-refractivity contribution in [3.63, 3.8) is 0 Å². The van der Waals surface area contributed by atoms with Crippen molar-refractivity contribution < 1.29 is 4.74 Å². The number of hydrogen-bond acceptors (Lipinski definition) is 5. The van der Waals surface area contributed by atoms with Gasteiger partial charge in [0, 0.05) is 19.8 Å². The molecule has 0 spiro atoms. The van der Waals surface area contributed by atoms with Gasteiger partial charge in [-0.1, -0.05) is 11.6 Å². The first-order valence-electron chi connectivity index (χ1n) is 6.28. The number of rotatable bonds is 4. The molecule has 1 aliphatic heterocycles. The van der Waals surface area contributed by atoms with Crippen LogP contribution in [0.15, 0.2) is 0 Å². The Labute approximate surface area is 112 Å². The van der Waals surface area contributed by atoms with Crippen molar-refractivity contribution in [3.8, 4) is 0 Å². The molecule has 1 atom stereocenters. The number of nitrogens with one attached hydrogen (secondary N) is 1. The molecular formula is C12H19ClN4O. The number of anilines is 2. The van der Waals surface area contributed by atoms with Crippen LogP contribution in [0.25, 0.3) is 0 Å². The van der Waals surface area contributed by atoms with E-state index in [1.165, 1.54) is 6.42 Å². The van der Waals surface area contributed by atoms with E-state index in [0.29, 0.717) is 22.5 Å². The summed E-state index contributed by atoms with van der Waals surface area (Å²) < 4.78 is 5.45. The van der Waals surface area contributed by atoms with Gasteiger partial charge in [0.15, 0.2) is 5.82 Å². The first kappa shape index (κ1) is 13.4. The lowest BCUT2D eigenvalue weighted by molar-refractivity contribution is 0.0530. The van der Waals surface area contributed by atoms with Crippen LogP contribution in [0.3, 0.4) is 0 Å². The number of aryl methyl sites for hydroxylation is 1. The van der Waals surface area contributed by atoms with Gasteiger partial charge < -0.3 is 15.8 Å². The van der Waals surface area contributed by atoms with Crippen LogP contribution >= 0.6 is 11.6 Å². The van der Waals surface area contributed by atoms with Crippen molar-refractivity contribution in [2.24, 2.45) is 5.92 Å². The van der Waals surface area contributed by atoms with E-state index in [-0.39, 0.29) is 5.95 Å². The number of ether oxygens (including phenoxy) is 1. The summed E-state index contributed by atoms with van der Waals surface area (Å²) in [7, 11) is 0. The van der Waals surface area contributed by atoms with E-state index in [1.807, 2.05) is 6.92 Å².